The second-order valence-electron chi connectivity index (χ2n) is 2.55. The highest BCUT2D eigenvalue weighted by molar-refractivity contribution is 9.09. The molecule has 60 valence electrons. The number of phenols is 1. The molecule has 2 heteroatoms. The quantitative estimate of drug-likeness (QED) is 0.752. The molecule has 1 N–H and O–H groups in total. The Kier molecular flexibility index (Phi) is 2.94. The third-order valence-electron chi connectivity index (χ3n) is 1.70. The number of phenolic OH excluding ortho intramolecular Hbond substituents is 1. The van der Waals surface area contributed by atoms with Crippen LogP contribution in [0, 0.1) is 6.92 Å². The highest BCUT2D eigenvalue weighted by Crippen LogP contribution is 2.16. The SMILES string of the molecule is Cc1ccc(O)cc1CCBr. The van der Waals surface area contributed by atoms with Crippen molar-refractivity contribution in [3.8, 4) is 5.75 Å². The van der Waals surface area contributed by atoms with Crippen molar-refractivity contribution in [3.63, 3.8) is 0 Å². The van der Waals surface area contributed by atoms with Gasteiger partial charge in [0.25, 0.3) is 0 Å². The van der Waals surface area contributed by atoms with E-state index < -0.39 is 0 Å². The number of rotatable bonds is 2. The Morgan fingerprint density at radius 3 is 2.82 bits per heavy atom. The zero-order chi connectivity index (χ0) is 8.27. The highest BCUT2D eigenvalue weighted by Gasteiger charge is 1.97. The zero-order valence-electron chi connectivity index (χ0n) is 6.47. The van der Waals surface area contributed by atoms with Crippen molar-refractivity contribution in [1.82, 2.24) is 0 Å². The van der Waals surface area contributed by atoms with E-state index in [0.717, 1.165) is 11.8 Å². The third kappa shape index (κ3) is 2.22. The maximum absolute atomic E-state index is 9.15. The lowest BCUT2D eigenvalue weighted by Crippen LogP contribution is -1.89. The molecular weight excluding hydrogens is 204 g/mol. The van der Waals surface area contributed by atoms with Crippen molar-refractivity contribution in [1.29, 1.82) is 0 Å². The average molecular weight is 215 g/mol. The molecule has 0 aliphatic heterocycles. The van der Waals surface area contributed by atoms with E-state index in [2.05, 4.69) is 22.9 Å². The predicted molar refractivity (Wildman–Crippen MR) is 50.3 cm³/mol. The fourth-order valence-electron chi connectivity index (χ4n) is 1.03. The summed E-state index contributed by atoms with van der Waals surface area (Å²) in [6, 6.07) is 5.47. The lowest BCUT2D eigenvalue weighted by Gasteiger charge is -2.03. The summed E-state index contributed by atoms with van der Waals surface area (Å²) in [5.41, 5.74) is 2.45. The fourth-order valence-corrected chi connectivity index (χ4v) is 1.46. The van der Waals surface area contributed by atoms with Gasteiger partial charge in [0.1, 0.15) is 5.75 Å². The molecule has 0 spiro atoms. The number of hydrogen-bond donors (Lipinski definition) is 1. The molecule has 0 atom stereocenters. The average Bonchev–Trinajstić information content (AvgIpc) is 1.98. The monoisotopic (exact) mass is 214 g/mol. The van der Waals surface area contributed by atoms with E-state index in [9.17, 15) is 0 Å². The summed E-state index contributed by atoms with van der Waals surface area (Å²) >= 11 is 3.36. The Labute approximate surface area is 75.2 Å². The Hall–Kier alpha value is -0.500. The highest BCUT2D eigenvalue weighted by atomic mass is 79.9. The van der Waals surface area contributed by atoms with Gasteiger partial charge in [0.2, 0.25) is 0 Å². The van der Waals surface area contributed by atoms with Gasteiger partial charge in [-0.3, -0.25) is 0 Å². The number of aromatic hydroxyl groups is 1. The van der Waals surface area contributed by atoms with Crippen LogP contribution in [0.4, 0.5) is 0 Å². The van der Waals surface area contributed by atoms with Gasteiger partial charge in [0.15, 0.2) is 0 Å². The first-order valence-electron chi connectivity index (χ1n) is 3.58. The lowest BCUT2D eigenvalue weighted by atomic mass is 10.1. The largest absolute Gasteiger partial charge is 0.508 e. The molecule has 0 bridgehead atoms. The Morgan fingerprint density at radius 1 is 1.45 bits per heavy atom. The molecule has 1 nitrogen and oxygen atoms in total. The first-order valence-corrected chi connectivity index (χ1v) is 4.70. The minimum atomic E-state index is 0.353. The van der Waals surface area contributed by atoms with Gasteiger partial charge in [-0.2, -0.15) is 0 Å². The number of benzene rings is 1. The molecule has 0 unspecified atom stereocenters. The lowest BCUT2D eigenvalue weighted by molar-refractivity contribution is 0.474. The van der Waals surface area contributed by atoms with Crippen LogP contribution in [0.2, 0.25) is 0 Å². The summed E-state index contributed by atoms with van der Waals surface area (Å²) < 4.78 is 0. The molecule has 11 heavy (non-hydrogen) atoms. The van der Waals surface area contributed by atoms with E-state index in [4.69, 9.17) is 5.11 Å². The smallest absolute Gasteiger partial charge is 0.115 e. The van der Waals surface area contributed by atoms with Gasteiger partial charge in [0.05, 0.1) is 0 Å². The van der Waals surface area contributed by atoms with Crippen LogP contribution in [-0.4, -0.2) is 10.4 Å². The predicted octanol–water partition coefficient (Wildman–Crippen LogP) is 2.64. The molecule has 1 aromatic rings. The number of alkyl halides is 1. The fraction of sp³-hybridized carbons (Fsp3) is 0.333. The molecule has 0 aliphatic rings. The molecule has 1 aromatic carbocycles. The summed E-state index contributed by atoms with van der Waals surface area (Å²) in [5.74, 6) is 0.353. The van der Waals surface area contributed by atoms with Crippen molar-refractivity contribution in [2.24, 2.45) is 0 Å². The van der Waals surface area contributed by atoms with E-state index >= 15 is 0 Å². The molecule has 0 aromatic heterocycles. The molecular formula is C9H11BrO. The van der Waals surface area contributed by atoms with Crippen LogP contribution in [0.3, 0.4) is 0 Å². The van der Waals surface area contributed by atoms with Crippen LogP contribution < -0.4 is 0 Å². The van der Waals surface area contributed by atoms with Crippen molar-refractivity contribution >= 4 is 15.9 Å². The van der Waals surface area contributed by atoms with Crippen LogP contribution in [0.15, 0.2) is 18.2 Å². The van der Waals surface area contributed by atoms with Gasteiger partial charge in [-0.05, 0) is 36.6 Å². The molecule has 0 amide bonds. The molecule has 0 heterocycles. The zero-order valence-corrected chi connectivity index (χ0v) is 8.06. The van der Waals surface area contributed by atoms with Crippen molar-refractivity contribution in [2.45, 2.75) is 13.3 Å². The first-order chi connectivity index (χ1) is 5.24. The van der Waals surface area contributed by atoms with Gasteiger partial charge in [-0.1, -0.05) is 22.0 Å². The van der Waals surface area contributed by atoms with E-state index in [1.807, 2.05) is 12.1 Å². The van der Waals surface area contributed by atoms with E-state index in [1.54, 1.807) is 6.07 Å². The van der Waals surface area contributed by atoms with Crippen LogP contribution in [0.5, 0.6) is 5.75 Å². The van der Waals surface area contributed by atoms with Gasteiger partial charge in [-0.25, -0.2) is 0 Å². The molecule has 1 rings (SSSR count). The van der Waals surface area contributed by atoms with Crippen molar-refractivity contribution < 1.29 is 5.11 Å². The maximum atomic E-state index is 9.15. The third-order valence-corrected chi connectivity index (χ3v) is 2.09. The molecule has 0 saturated heterocycles. The second-order valence-corrected chi connectivity index (χ2v) is 3.34. The Bertz CT molecular complexity index is 245. The van der Waals surface area contributed by atoms with Crippen LogP contribution in [-0.2, 0) is 6.42 Å². The van der Waals surface area contributed by atoms with Crippen molar-refractivity contribution in [3.05, 3.63) is 29.3 Å². The number of aryl methyl sites for hydroxylation is 2. The van der Waals surface area contributed by atoms with Gasteiger partial charge >= 0.3 is 0 Å². The van der Waals surface area contributed by atoms with Gasteiger partial charge in [0, 0.05) is 5.33 Å². The van der Waals surface area contributed by atoms with Crippen molar-refractivity contribution in [2.75, 3.05) is 5.33 Å². The summed E-state index contributed by atoms with van der Waals surface area (Å²) in [7, 11) is 0. The van der Waals surface area contributed by atoms with E-state index in [0.29, 0.717) is 5.75 Å². The summed E-state index contributed by atoms with van der Waals surface area (Å²) in [5, 5.41) is 10.1. The van der Waals surface area contributed by atoms with Crippen LogP contribution in [0.25, 0.3) is 0 Å². The number of hydrogen-bond acceptors (Lipinski definition) is 1. The maximum Gasteiger partial charge on any atom is 0.115 e. The van der Waals surface area contributed by atoms with E-state index in [-0.39, 0.29) is 0 Å². The minimum Gasteiger partial charge on any atom is -0.508 e. The van der Waals surface area contributed by atoms with E-state index in [1.165, 1.54) is 11.1 Å². The molecule has 0 aliphatic carbocycles. The van der Waals surface area contributed by atoms with Gasteiger partial charge in [-0.15, -0.1) is 0 Å². The normalized spacial score (nSPS) is 10.0. The summed E-state index contributed by atoms with van der Waals surface area (Å²) in [4.78, 5) is 0. The molecule has 0 saturated carbocycles. The molecule has 0 fully saturated rings. The van der Waals surface area contributed by atoms with Crippen LogP contribution >= 0.6 is 15.9 Å². The minimum absolute atomic E-state index is 0.353. The van der Waals surface area contributed by atoms with Gasteiger partial charge < -0.3 is 5.11 Å². The summed E-state index contributed by atoms with van der Waals surface area (Å²) in [6.07, 6.45) is 0.972. The Balaban J connectivity index is 2.93. The summed E-state index contributed by atoms with van der Waals surface area (Å²) in [6.45, 7) is 2.05. The van der Waals surface area contributed by atoms with Crippen LogP contribution in [0.1, 0.15) is 11.1 Å². The topological polar surface area (TPSA) is 20.2 Å². The molecule has 0 radical (unpaired) electrons. The Morgan fingerprint density at radius 2 is 2.18 bits per heavy atom. The number of halogens is 1. The first kappa shape index (κ1) is 8.60. The standard InChI is InChI=1S/C9H11BrO/c1-7-2-3-9(11)6-8(7)4-5-10/h2-3,6,11H,4-5H2,1H3. The second kappa shape index (κ2) is 3.77.